The zero-order chi connectivity index (χ0) is 15.2. The first kappa shape index (κ1) is 15.5. The molecule has 1 fully saturated rings. The quantitative estimate of drug-likeness (QED) is 0.874. The zero-order valence-electron chi connectivity index (χ0n) is 12.2. The van der Waals surface area contributed by atoms with Crippen molar-refractivity contribution in [2.24, 2.45) is 11.8 Å². The molecule has 1 aromatic carbocycles. The first-order valence-electron chi connectivity index (χ1n) is 7.23. The van der Waals surface area contributed by atoms with Crippen LogP contribution in [0.2, 0.25) is 0 Å². The molecule has 0 unspecified atom stereocenters. The van der Waals surface area contributed by atoms with Crippen molar-refractivity contribution in [2.45, 2.75) is 32.3 Å². The van der Waals surface area contributed by atoms with E-state index in [-0.39, 0.29) is 5.91 Å². The number of rotatable bonds is 5. The third kappa shape index (κ3) is 4.04. The van der Waals surface area contributed by atoms with Crippen molar-refractivity contribution < 1.29 is 19.4 Å². The van der Waals surface area contributed by atoms with Crippen LogP contribution in [0.3, 0.4) is 0 Å². The Hall–Kier alpha value is -1.88. The summed E-state index contributed by atoms with van der Waals surface area (Å²) in [4.78, 5) is 23.6. The summed E-state index contributed by atoms with van der Waals surface area (Å²) in [5.74, 6) is -2.08. The molecule has 0 aromatic heterocycles. The molecule has 0 spiro atoms. The third-order valence-corrected chi connectivity index (χ3v) is 3.93. The number of amides is 1. The van der Waals surface area contributed by atoms with Gasteiger partial charge in [0, 0.05) is 12.8 Å². The van der Waals surface area contributed by atoms with Gasteiger partial charge >= 0.3 is 5.97 Å². The average molecular weight is 291 g/mol. The number of carboxylic acids is 1. The predicted molar refractivity (Wildman–Crippen MR) is 78.9 cm³/mol. The molecule has 0 heterocycles. The Bertz CT molecular complexity index is 515. The lowest BCUT2D eigenvalue weighted by molar-refractivity contribution is -0.147. The molecule has 0 saturated heterocycles. The van der Waals surface area contributed by atoms with E-state index in [0.717, 1.165) is 18.4 Å². The summed E-state index contributed by atoms with van der Waals surface area (Å²) < 4.78 is 5.06. The van der Waals surface area contributed by atoms with Crippen molar-refractivity contribution in [3.63, 3.8) is 0 Å². The monoisotopic (exact) mass is 291 g/mol. The second-order valence-electron chi connectivity index (χ2n) is 5.46. The van der Waals surface area contributed by atoms with Crippen LogP contribution in [0, 0.1) is 11.8 Å². The van der Waals surface area contributed by atoms with Gasteiger partial charge in [-0.05, 0) is 30.5 Å². The highest BCUT2D eigenvalue weighted by Crippen LogP contribution is 2.31. The fraction of sp³-hybridized carbons (Fsp3) is 0.500. The number of methoxy groups -OCH3 is 1. The molecule has 1 aliphatic rings. The number of carbonyl (C=O) groups is 2. The van der Waals surface area contributed by atoms with Gasteiger partial charge in [0.25, 0.3) is 0 Å². The van der Waals surface area contributed by atoms with E-state index in [1.54, 1.807) is 13.2 Å². The topological polar surface area (TPSA) is 75.6 Å². The number of hydrogen-bond donors (Lipinski definition) is 2. The van der Waals surface area contributed by atoms with Crippen molar-refractivity contribution in [2.75, 3.05) is 12.4 Å². The van der Waals surface area contributed by atoms with Gasteiger partial charge in [0.15, 0.2) is 0 Å². The van der Waals surface area contributed by atoms with Crippen molar-refractivity contribution >= 4 is 17.6 Å². The number of anilines is 1. The first-order chi connectivity index (χ1) is 10.1. The highest BCUT2D eigenvalue weighted by Gasteiger charge is 2.35. The SMILES string of the molecule is COCc1cccc(NC(=O)[C@@H]2CCCC[C@@H]2C(=O)O)c1. The van der Waals surface area contributed by atoms with E-state index in [1.165, 1.54) is 0 Å². The van der Waals surface area contributed by atoms with E-state index in [2.05, 4.69) is 5.32 Å². The van der Waals surface area contributed by atoms with Crippen LogP contribution in [0.1, 0.15) is 31.2 Å². The van der Waals surface area contributed by atoms with Gasteiger partial charge in [-0.15, -0.1) is 0 Å². The standard InChI is InChI=1S/C16H21NO4/c1-21-10-11-5-4-6-12(9-11)17-15(18)13-7-2-3-8-14(13)16(19)20/h4-6,9,13-14H,2-3,7-8,10H2,1H3,(H,17,18)(H,19,20)/t13-,14+/m1/s1. The molecule has 1 amide bonds. The normalized spacial score (nSPS) is 21.8. The van der Waals surface area contributed by atoms with Crippen LogP contribution in [0.5, 0.6) is 0 Å². The highest BCUT2D eigenvalue weighted by molar-refractivity contribution is 5.95. The zero-order valence-corrected chi connectivity index (χ0v) is 12.2. The summed E-state index contributed by atoms with van der Waals surface area (Å²) in [5.41, 5.74) is 1.65. The molecule has 2 rings (SSSR count). The number of aliphatic carboxylic acids is 1. The summed E-state index contributed by atoms with van der Waals surface area (Å²) in [6.07, 6.45) is 3.01. The number of ether oxygens (including phenoxy) is 1. The van der Waals surface area contributed by atoms with Crippen LogP contribution in [0.25, 0.3) is 0 Å². The number of carbonyl (C=O) groups excluding carboxylic acids is 1. The summed E-state index contributed by atoms with van der Waals surface area (Å²) in [6.45, 7) is 0.477. The van der Waals surface area contributed by atoms with Gasteiger partial charge in [-0.2, -0.15) is 0 Å². The molecule has 1 aromatic rings. The summed E-state index contributed by atoms with van der Waals surface area (Å²) in [7, 11) is 1.62. The van der Waals surface area contributed by atoms with E-state index in [9.17, 15) is 14.7 Å². The van der Waals surface area contributed by atoms with E-state index >= 15 is 0 Å². The second kappa shape index (κ2) is 7.22. The Morgan fingerprint density at radius 2 is 2.00 bits per heavy atom. The molecule has 2 atom stereocenters. The molecule has 2 N–H and O–H groups in total. The lowest BCUT2D eigenvalue weighted by atomic mass is 9.78. The number of hydrogen-bond acceptors (Lipinski definition) is 3. The maximum atomic E-state index is 12.3. The minimum atomic E-state index is -0.872. The molecule has 114 valence electrons. The first-order valence-corrected chi connectivity index (χ1v) is 7.23. The molecular formula is C16H21NO4. The fourth-order valence-corrected chi connectivity index (χ4v) is 2.88. The molecule has 5 heteroatoms. The van der Waals surface area contributed by atoms with Crippen LogP contribution in [-0.4, -0.2) is 24.1 Å². The minimum absolute atomic E-state index is 0.198. The van der Waals surface area contributed by atoms with E-state index < -0.39 is 17.8 Å². The van der Waals surface area contributed by atoms with Crippen LogP contribution in [0.4, 0.5) is 5.69 Å². The summed E-state index contributed by atoms with van der Waals surface area (Å²) in [5, 5.41) is 12.1. The van der Waals surface area contributed by atoms with Crippen LogP contribution >= 0.6 is 0 Å². The molecule has 5 nitrogen and oxygen atoms in total. The Labute approximate surface area is 124 Å². The molecule has 1 saturated carbocycles. The van der Waals surface area contributed by atoms with Crippen molar-refractivity contribution in [1.29, 1.82) is 0 Å². The van der Waals surface area contributed by atoms with Gasteiger partial charge < -0.3 is 15.2 Å². The highest BCUT2D eigenvalue weighted by atomic mass is 16.5. The molecule has 21 heavy (non-hydrogen) atoms. The predicted octanol–water partition coefficient (Wildman–Crippen LogP) is 2.66. The molecule has 1 aliphatic carbocycles. The molecule has 0 bridgehead atoms. The van der Waals surface area contributed by atoms with Crippen LogP contribution in [-0.2, 0) is 20.9 Å². The van der Waals surface area contributed by atoms with Crippen molar-refractivity contribution in [3.05, 3.63) is 29.8 Å². The summed E-state index contributed by atoms with van der Waals surface area (Å²) in [6, 6.07) is 7.41. The Kier molecular flexibility index (Phi) is 5.33. The Balaban J connectivity index is 2.05. The molecule has 0 radical (unpaired) electrons. The summed E-state index contributed by atoms with van der Waals surface area (Å²) >= 11 is 0. The minimum Gasteiger partial charge on any atom is -0.481 e. The van der Waals surface area contributed by atoms with Gasteiger partial charge in [-0.25, -0.2) is 0 Å². The maximum absolute atomic E-state index is 12.3. The largest absolute Gasteiger partial charge is 0.481 e. The van der Waals surface area contributed by atoms with Crippen molar-refractivity contribution in [3.8, 4) is 0 Å². The Morgan fingerprint density at radius 1 is 1.29 bits per heavy atom. The molecular weight excluding hydrogens is 270 g/mol. The van der Waals surface area contributed by atoms with E-state index in [1.807, 2.05) is 18.2 Å². The molecule has 0 aliphatic heterocycles. The Morgan fingerprint density at radius 3 is 2.67 bits per heavy atom. The van der Waals surface area contributed by atoms with Gasteiger partial charge in [0.05, 0.1) is 18.4 Å². The van der Waals surface area contributed by atoms with E-state index in [0.29, 0.717) is 25.1 Å². The van der Waals surface area contributed by atoms with Crippen molar-refractivity contribution in [1.82, 2.24) is 0 Å². The fourth-order valence-electron chi connectivity index (χ4n) is 2.88. The number of nitrogens with one attached hydrogen (secondary N) is 1. The van der Waals surface area contributed by atoms with Gasteiger partial charge in [0.1, 0.15) is 0 Å². The maximum Gasteiger partial charge on any atom is 0.307 e. The van der Waals surface area contributed by atoms with Crippen LogP contribution in [0.15, 0.2) is 24.3 Å². The van der Waals surface area contributed by atoms with Gasteiger partial charge in [-0.1, -0.05) is 25.0 Å². The van der Waals surface area contributed by atoms with E-state index in [4.69, 9.17) is 4.74 Å². The number of benzene rings is 1. The van der Waals surface area contributed by atoms with Crippen LogP contribution < -0.4 is 5.32 Å². The smallest absolute Gasteiger partial charge is 0.307 e. The van der Waals surface area contributed by atoms with Gasteiger partial charge in [-0.3, -0.25) is 9.59 Å². The lowest BCUT2D eigenvalue weighted by Gasteiger charge is -2.27. The number of carboxylic acid groups (broad SMARTS) is 1. The lowest BCUT2D eigenvalue weighted by Crippen LogP contribution is -2.36. The average Bonchev–Trinajstić information content (AvgIpc) is 2.48. The second-order valence-corrected chi connectivity index (χ2v) is 5.46. The third-order valence-electron chi connectivity index (χ3n) is 3.93. The van der Waals surface area contributed by atoms with Gasteiger partial charge in [0.2, 0.25) is 5.91 Å².